The second kappa shape index (κ2) is 7.24. The summed E-state index contributed by atoms with van der Waals surface area (Å²) < 4.78 is 5.08. The molecule has 0 aliphatic rings. The summed E-state index contributed by atoms with van der Waals surface area (Å²) in [7, 11) is 1.55. The van der Waals surface area contributed by atoms with Crippen molar-refractivity contribution in [3.8, 4) is 17.6 Å². The first-order valence-corrected chi connectivity index (χ1v) is 6.75. The van der Waals surface area contributed by atoms with E-state index < -0.39 is 0 Å². The molecule has 0 atom stereocenters. The number of phenols is 2. The molecule has 7 heteroatoms. The Labute approximate surface area is 133 Å². The first-order valence-electron chi connectivity index (χ1n) is 6.75. The monoisotopic (exact) mass is 312 g/mol. The molecule has 0 unspecified atom stereocenters. The summed E-state index contributed by atoms with van der Waals surface area (Å²) in [6, 6.07) is 8.02. The van der Waals surface area contributed by atoms with Gasteiger partial charge in [-0.3, -0.25) is 5.43 Å². The lowest BCUT2D eigenvalue weighted by Crippen LogP contribution is -2.03. The molecular formula is C16H16N4O3. The molecular weight excluding hydrogens is 296 g/mol. The molecule has 2 rings (SSSR count). The maximum absolute atomic E-state index is 9.68. The molecule has 0 saturated heterocycles. The van der Waals surface area contributed by atoms with Gasteiger partial charge in [-0.15, -0.1) is 0 Å². The maximum Gasteiger partial charge on any atom is 0.164 e. The largest absolute Gasteiger partial charge is 0.508 e. The van der Waals surface area contributed by atoms with Gasteiger partial charge in [0.15, 0.2) is 5.82 Å². The summed E-state index contributed by atoms with van der Waals surface area (Å²) in [5, 5.41) is 32.2. The van der Waals surface area contributed by atoms with Gasteiger partial charge in [0.05, 0.1) is 12.8 Å². The van der Waals surface area contributed by atoms with Crippen LogP contribution in [-0.2, 0) is 11.3 Å². The predicted molar refractivity (Wildman–Crippen MR) is 85.4 cm³/mol. The molecule has 118 valence electrons. The van der Waals surface area contributed by atoms with Crippen molar-refractivity contribution in [2.45, 2.75) is 13.5 Å². The van der Waals surface area contributed by atoms with E-state index in [1.54, 1.807) is 20.1 Å². The first kappa shape index (κ1) is 16.3. The molecule has 0 aliphatic carbocycles. The van der Waals surface area contributed by atoms with Gasteiger partial charge in [-0.2, -0.15) is 10.4 Å². The topological polar surface area (TPSA) is 111 Å². The number of aromatic nitrogens is 1. The summed E-state index contributed by atoms with van der Waals surface area (Å²) >= 11 is 0. The van der Waals surface area contributed by atoms with Crippen molar-refractivity contribution in [2.24, 2.45) is 5.10 Å². The Morgan fingerprint density at radius 1 is 1.39 bits per heavy atom. The predicted octanol–water partition coefficient (Wildman–Crippen LogP) is 2.27. The molecule has 1 aromatic carbocycles. The lowest BCUT2D eigenvalue weighted by atomic mass is 10.1. The number of aromatic hydroxyl groups is 2. The minimum absolute atomic E-state index is 0.0380. The van der Waals surface area contributed by atoms with Crippen molar-refractivity contribution >= 4 is 12.0 Å². The van der Waals surface area contributed by atoms with Crippen molar-refractivity contribution in [3.63, 3.8) is 0 Å². The zero-order valence-electron chi connectivity index (χ0n) is 12.7. The Bertz CT molecular complexity index is 782. The van der Waals surface area contributed by atoms with Gasteiger partial charge in [0.2, 0.25) is 0 Å². The molecule has 0 spiro atoms. The normalized spacial score (nSPS) is 10.7. The minimum atomic E-state index is -0.103. The fourth-order valence-corrected chi connectivity index (χ4v) is 2.02. The number of nitrogens with one attached hydrogen (secondary N) is 1. The molecule has 0 bridgehead atoms. The third-order valence-corrected chi connectivity index (χ3v) is 3.03. The van der Waals surface area contributed by atoms with Crippen molar-refractivity contribution in [1.82, 2.24) is 4.98 Å². The molecule has 0 saturated carbocycles. The van der Waals surface area contributed by atoms with Crippen molar-refractivity contribution in [1.29, 1.82) is 5.26 Å². The van der Waals surface area contributed by atoms with E-state index in [1.165, 1.54) is 24.4 Å². The number of rotatable bonds is 5. The SMILES string of the molecule is COCc1cc(C)nc(N/N=C\c2ccc(O)cc2O)c1C#N. The third kappa shape index (κ3) is 3.96. The van der Waals surface area contributed by atoms with Crippen LogP contribution in [0.2, 0.25) is 0 Å². The maximum atomic E-state index is 9.68. The van der Waals surface area contributed by atoms with E-state index >= 15 is 0 Å². The van der Waals surface area contributed by atoms with E-state index in [4.69, 9.17) is 4.74 Å². The van der Waals surface area contributed by atoms with Crippen LogP contribution in [0.15, 0.2) is 29.4 Å². The van der Waals surface area contributed by atoms with Gasteiger partial charge in [0, 0.05) is 30.0 Å². The van der Waals surface area contributed by atoms with Crippen LogP contribution in [0.4, 0.5) is 5.82 Å². The molecule has 0 fully saturated rings. The van der Waals surface area contributed by atoms with Crippen LogP contribution in [0.3, 0.4) is 0 Å². The van der Waals surface area contributed by atoms with Crippen LogP contribution in [0.1, 0.15) is 22.4 Å². The van der Waals surface area contributed by atoms with Crippen LogP contribution < -0.4 is 5.43 Å². The van der Waals surface area contributed by atoms with Crippen molar-refractivity contribution in [3.05, 3.63) is 46.6 Å². The van der Waals surface area contributed by atoms with E-state index in [9.17, 15) is 15.5 Å². The third-order valence-electron chi connectivity index (χ3n) is 3.03. The van der Waals surface area contributed by atoms with E-state index in [2.05, 4.69) is 21.6 Å². The van der Waals surface area contributed by atoms with Gasteiger partial charge in [-0.1, -0.05) is 0 Å². The molecule has 3 N–H and O–H groups in total. The van der Waals surface area contributed by atoms with Gasteiger partial charge in [-0.05, 0) is 25.1 Å². The Hall–Kier alpha value is -3.11. The van der Waals surface area contributed by atoms with Crippen LogP contribution in [0.25, 0.3) is 0 Å². The number of hydrazone groups is 1. The highest BCUT2D eigenvalue weighted by molar-refractivity contribution is 5.84. The van der Waals surface area contributed by atoms with Gasteiger partial charge in [-0.25, -0.2) is 4.98 Å². The Morgan fingerprint density at radius 3 is 2.83 bits per heavy atom. The number of nitriles is 1. The van der Waals surface area contributed by atoms with Crippen molar-refractivity contribution < 1.29 is 14.9 Å². The number of hydrogen-bond donors (Lipinski definition) is 3. The van der Waals surface area contributed by atoms with Crippen LogP contribution >= 0.6 is 0 Å². The fraction of sp³-hybridized carbons (Fsp3) is 0.188. The molecule has 2 aromatic rings. The molecule has 23 heavy (non-hydrogen) atoms. The van der Waals surface area contributed by atoms with Gasteiger partial charge in [0.1, 0.15) is 23.1 Å². The highest BCUT2D eigenvalue weighted by atomic mass is 16.5. The van der Waals surface area contributed by atoms with Gasteiger partial charge in [0.25, 0.3) is 0 Å². The number of aryl methyl sites for hydroxylation is 1. The van der Waals surface area contributed by atoms with E-state index in [-0.39, 0.29) is 11.5 Å². The number of pyridine rings is 1. The number of nitrogens with zero attached hydrogens (tertiary/aromatic N) is 3. The average Bonchev–Trinajstić information content (AvgIpc) is 2.49. The molecule has 0 aliphatic heterocycles. The second-order valence-corrected chi connectivity index (χ2v) is 4.80. The summed E-state index contributed by atoms with van der Waals surface area (Å²) in [5.41, 5.74) is 4.91. The van der Waals surface area contributed by atoms with Gasteiger partial charge < -0.3 is 14.9 Å². The molecule has 0 amide bonds. The van der Waals surface area contributed by atoms with Crippen LogP contribution in [-0.4, -0.2) is 28.5 Å². The Kier molecular flexibility index (Phi) is 5.12. The zero-order valence-corrected chi connectivity index (χ0v) is 12.7. The fourth-order valence-electron chi connectivity index (χ4n) is 2.02. The molecule has 1 aromatic heterocycles. The first-order chi connectivity index (χ1) is 11.0. The summed E-state index contributed by atoms with van der Waals surface area (Å²) in [6.45, 7) is 2.10. The highest BCUT2D eigenvalue weighted by Crippen LogP contribution is 2.22. The number of ether oxygens (including phenoxy) is 1. The smallest absolute Gasteiger partial charge is 0.164 e. The average molecular weight is 312 g/mol. The summed E-state index contributed by atoms with van der Waals surface area (Å²) in [5.74, 6) is 0.173. The number of hydrogen-bond acceptors (Lipinski definition) is 7. The number of benzene rings is 1. The number of phenolic OH excluding ortho intramolecular Hbond substituents is 2. The molecule has 7 nitrogen and oxygen atoms in total. The lowest BCUT2D eigenvalue weighted by Gasteiger charge is -2.09. The highest BCUT2D eigenvalue weighted by Gasteiger charge is 2.10. The van der Waals surface area contributed by atoms with E-state index in [0.29, 0.717) is 29.1 Å². The van der Waals surface area contributed by atoms with E-state index in [1.807, 2.05) is 0 Å². The Balaban J connectivity index is 2.26. The summed E-state index contributed by atoms with van der Waals surface area (Å²) in [6.07, 6.45) is 1.37. The summed E-state index contributed by atoms with van der Waals surface area (Å²) in [4.78, 5) is 4.25. The molecule has 0 radical (unpaired) electrons. The number of anilines is 1. The second-order valence-electron chi connectivity index (χ2n) is 4.80. The lowest BCUT2D eigenvalue weighted by molar-refractivity contribution is 0.184. The Morgan fingerprint density at radius 2 is 2.17 bits per heavy atom. The quantitative estimate of drug-likeness (QED) is 0.577. The molecule has 1 heterocycles. The van der Waals surface area contributed by atoms with Crippen LogP contribution in [0.5, 0.6) is 11.5 Å². The van der Waals surface area contributed by atoms with E-state index in [0.717, 1.165) is 5.69 Å². The van der Waals surface area contributed by atoms with Crippen molar-refractivity contribution in [2.75, 3.05) is 12.5 Å². The van der Waals surface area contributed by atoms with Gasteiger partial charge >= 0.3 is 0 Å². The number of methoxy groups -OCH3 is 1. The minimum Gasteiger partial charge on any atom is -0.508 e. The standard InChI is InChI=1S/C16H16N4O3/c1-10-5-12(9-23-2)14(7-17)16(19-10)20-18-8-11-3-4-13(21)6-15(11)22/h3-6,8,21-22H,9H2,1-2H3,(H,19,20)/b18-8-. The van der Waals surface area contributed by atoms with Crippen LogP contribution in [0, 0.1) is 18.3 Å². The zero-order chi connectivity index (χ0) is 16.8.